The van der Waals surface area contributed by atoms with Gasteiger partial charge in [-0.15, -0.1) is 0 Å². The van der Waals surface area contributed by atoms with Crippen molar-refractivity contribution in [2.45, 2.75) is 6.42 Å². The van der Waals surface area contributed by atoms with Gasteiger partial charge in [0.2, 0.25) is 0 Å². The Morgan fingerprint density at radius 3 is 2.59 bits per heavy atom. The first-order valence-corrected chi connectivity index (χ1v) is 10.1. The van der Waals surface area contributed by atoms with E-state index in [4.69, 9.17) is 10.7 Å². The molecule has 8 heteroatoms. The maximum Gasteiger partial charge on any atom is 0.159 e. The summed E-state index contributed by atoms with van der Waals surface area (Å²) in [7, 11) is 0. The van der Waals surface area contributed by atoms with Crippen LogP contribution in [0.4, 0.5) is 4.39 Å². The average molecular weight is 423 g/mol. The predicted molar refractivity (Wildman–Crippen MR) is 121 cm³/mol. The Kier molecular flexibility index (Phi) is 4.04. The van der Waals surface area contributed by atoms with Gasteiger partial charge in [0.15, 0.2) is 5.82 Å². The van der Waals surface area contributed by atoms with E-state index in [0.717, 1.165) is 50.2 Å². The summed E-state index contributed by atoms with van der Waals surface area (Å²) in [5.41, 5.74) is 14.0. The van der Waals surface area contributed by atoms with Gasteiger partial charge in [-0.2, -0.15) is 10.2 Å². The van der Waals surface area contributed by atoms with Gasteiger partial charge in [-0.05, 0) is 41.5 Å². The topological polar surface area (TPSA) is 112 Å². The molecule has 1 aliphatic carbocycles. The van der Waals surface area contributed by atoms with E-state index >= 15 is 0 Å². The number of allylic oxidation sites excluding steroid dienone is 3. The van der Waals surface area contributed by atoms with Crippen molar-refractivity contribution < 1.29 is 4.39 Å². The molecule has 0 spiro atoms. The molecule has 0 aliphatic heterocycles. The summed E-state index contributed by atoms with van der Waals surface area (Å²) >= 11 is 0. The molecule has 0 saturated heterocycles. The fraction of sp³-hybridized carbons (Fsp3) is 0.0417. The quantitative estimate of drug-likeness (QED) is 0.346. The van der Waals surface area contributed by atoms with Crippen molar-refractivity contribution in [3.8, 4) is 22.6 Å². The first-order valence-electron chi connectivity index (χ1n) is 10.1. The van der Waals surface area contributed by atoms with Gasteiger partial charge in [0.05, 0.1) is 17.4 Å². The lowest BCUT2D eigenvalue weighted by Gasteiger charge is -2.05. The molecule has 0 radical (unpaired) electrons. The number of nitrogens with one attached hydrogen (secondary N) is 3. The standard InChI is InChI=1S/C24H18FN7/c25-16-4-1-13(2-5-16)18-7-6-17(26)10-21-22(18)30-24(29-21)23-19-9-14(15-11-27-28-12-15)3-8-20(19)31-32-23/h1-9,11-12H,10,26H2,(H,27,28)(H,29,30)(H,31,32). The molecule has 3 aromatic heterocycles. The molecule has 7 nitrogen and oxygen atoms in total. The molecule has 156 valence electrons. The first-order chi connectivity index (χ1) is 15.7. The highest BCUT2D eigenvalue weighted by Crippen LogP contribution is 2.33. The number of halogens is 1. The van der Waals surface area contributed by atoms with Crippen LogP contribution in [0.3, 0.4) is 0 Å². The summed E-state index contributed by atoms with van der Waals surface area (Å²) in [6, 6.07) is 12.5. The van der Waals surface area contributed by atoms with Crippen molar-refractivity contribution in [2.24, 2.45) is 5.73 Å². The number of benzene rings is 2. The van der Waals surface area contributed by atoms with E-state index in [1.807, 2.05) is 30.5 Å². The summed E-state index contributed by atoms with van der Waals surface area (Å²) in [4.78, 5) is 8.32. The molecular formula is C24H18FN7. The number of rotatable bonds is 3. The molecule has 0 amide bonds. The molecule has 32 heavy (non-hydrogen) atoms. The minimum atomic E-state index is -0.280. The van der Waals surface area contributed by atoms with Gasteiger partial charge in [0.25, 0.3) is 0 Å². The molecule has 0 fully saturated rings. The van der Waals surface area contributed by atoms with Crippen molar-refractivity contribution in [1.29, 1.82) is 0 Å². The van der Waals surface area contributed by atoms with E-state index in [1.54, 1.807) is 18.3 Å². The van der Waals surface area contributed by atoms with E-state index in [9.17, 15) is 4.39 Å². The number of imidazole rings is 1. The number of nitrogens with two attached hydrogens (primary N) is 1. The fourth-order valence-electron chi connectivity index (χ4n) is 4.05. The van der Waals surface area contributed by atoms with E-state index < -0.39 is 0 Å². The number of fused-ring (bicyclic) bond motifs is 2. The number of aromatic nitrogens is 6. The largest absolute Gasteiger partial charge is 0.402 e. The second-order valence-corrected chi connectivity index (χ2v) is 7.74. The number of aromatic amines is 3. The van der Waals surface area contributed by atoms with E-state index in [-0.39, 0.29) is 5.82 Å². The smallest absolute Gasteiger partial charge is 0.159 e. The molecule has 3 heterocycles. The third-order valence-electron chi connectivity index (χ3n) is 5.65. The molecule has 0 unspecified atom stereocenters. The zero-order valence-electron chi connectivity index (χ0n) is 16.9. The normalized spacial score (nSPS) is 13.5. The van der Waals surface area contributed by atoms with Crippen molar-refractivity contribution >= 4 is 16.5 Å². The van der Waals surface area contributed by atoms with Crippen LogP contribution < -0.4 is 5.73 Å². The van der Waals surface area contributed by atoms with Gasteiger partial charge in [-0.25, -0.2) is 9.37 Å². The zero-order chi connectivity index (χ0) is 21.7. The molecule has 5 N–H and O–H groups in total. The monoisotopic (exact) mass is 423 g/mol. The minimum Gasteiger partial charge on any atom is -0.402 e. The molecular weight excluding hydrogens is 405 g/mol. The third-order valence-corrected chi connectivity index (χ3v) is 5.65. The van der Waals surface area contributed by atoms with Gasteiger partial charge >= 0.3 is 0 Å². The van der Waals surface area contributed by atoms with Crippen molar-refractivity contribution in [3.63, 3.8) is 0 Å². The van der Waals surface area contributed by atoms with Crippen molar-refractivity contribution in [3.05, 3.63) is 95.5 Å². The van der Waals surface area contributed by atoms with Crippen LogP contribution in [-0.2, 0) is 6.42 Å². The summed E-state index contributed by atoms with van der Waals surface area (Å²) in [6.07, 6.45) is 7.97. The molecule has 2 aromatic carbocycles. The second kappa shape index (κ2) is 7.05. The van der Waals surface area contributed by atoms with Crippen LogP contribution >= 0.6 is 0 Å². The highest BCUT2D eigenvalue weighted by molar-refractivity contribution is 5.94. The summed E-state index contributed by atoms with van der Waals surface area (Å²) in [5, 5.41) is 15.4. The second-order valence-electron chi connectivity index (χ2n) is 7.74. The van der Waals surface area contributed by atoms with Crippen LogP contribution in [0.25, 0.3) is 39.1 Å². The van der Waals surface area contributed by atoms with Crippen LogP contribution in [0.2, 0.25) is 0 Å². The third kappa shape index (κ3) is 3.01. The summed E-state index contributed by atoms with van der Waals surface area (Å²) in [5.74, 6) is 0.366. The molecule has 1 aliphatic rings. The van der Waals surface area contributed by atoms with Crippen LogP contribution in [0.15, 0.2) is 72.7 Å². The highest BCUT2D eigenvalue weighted by atomic mass is 19.1. The van der Waals surface area contributed by atoms with Gasteiger partial charge < -0.3 is 10.7 Å². The maximum absolute atomic E-state index is 13.5. The predicted octanol–water partition coefficient (Wildman–Crippen LogP) is 4.31. The summed E-state index contributed by atoms with van der Waals surface area (Å²) in [6.45, 7) is 0. The van der Waals surface area contributed by atoms with Crippen molar-refractivity contribution in [1.82, 2.24) is 30.4 Å². The Bertz CT molecular complexity index is 1500. The Labute approximate surface area is 181 Å². The molecule has 5 aromatic rings. The number of hydrogen-bond acceptors (Lipinski definition) is 4. The van der Waals surface area contributed by atoms with Gasteiger partial charge in [0.1, 0.15) is 11.5 Å². The lowest BCUT2D eigenvalue weighted by atomic mass is 10.0. The van der Waals surface area contributed by atoms with Crippen LogP contribution in [0.5, 0.6) is 0 Å². The highest BCUT2D eigenvalue weighted by Gasteiger charge is 2.21. The zero-order valence-corrected chi connectivity index (χ0v) is 16.9. The Morgan fingerprint density at radius 1 is 0.938 bits per heavy atom. The van der Waals surface area contributed by atoms with E-state index in [1.165, 1.54) is 12.1 Å². The summed E-state index contributed by atoms with van der Waals surface area (Å²) < 4.78 is 13.5. The minimum absolute atomic E-state index is 0.280. The molecule has 0 bridgehead atoms. The van der Waals surface area contributed by atoms with Crippen LogP contribution in [-0.4, -0.2) is 30.4 Å². The lowest BCUT2D eigenvalue weighted by molar-refractivity contribution is 0.627. The molecule has 0 saturated carbocycles. The fourth-order valence-corrected chi connectivity index (χ4v) is 4.05. The first kappa shape index (κ1) is 18.3. The molecule has 6 rings (SSSR count). The molecule has 0 atom stereocenters. The number of nitrogens with zero attached hydrogens (tertiary/aromatic N) is 3. The Morgan fingerprint density at radius 2 is 1.78 bits per heavy atom. The van der Waals surface area contributed by atoms with Gasteiger partial charge in [-0.1, -0.05) is 24.3 Å². The average Bonchev–Trinajstić information content (AvgIpc) is 3.53. The maximum atomic E-state index is 13.5. The van der Waals surface area contributed by atoms with E-state index in [0.29, 0.717) is 17.9 Å². The van der Waals surface area contributed by atoms with Gasteiger partial charge in [-0.3, -0.25) is 10.2 Å². The van der Waals surface area contributed by atoms with Crippen LogP contribution in [0.1, 0.15) is 17.0 Å². The van der Waals surface area contributed by atoms with E-state index in [2.05, 4.69) is 31.4 Å². The van der Waals surface area contributed by atoms with Gasteiger partial charge in [0, 0.05) is 40.5 Å². The number of hydrogen-bond donors (Lipinski definition) is 4. The van der Waals surface area contributed by atoms with Crippen LogP contribution in [0, 0.1) is 5.82 Å². The lowest BCUT2D eigenvalue weighted by Crippen LogP contribution is -2.01. The Balaban J connectivity index is 1.49. The Hall–Kier alpha value is -4.46. The SMILES string of the molecule is NC1=CC=C(c2ccc(F)cc2)c2nc(-c3n[nH]c4ccc(-c5cn[nH]c5)cc34)[nH]c2C1. The van der Waals surface area contributed by atoms with Crippen molar-refractivity contribution in [2.75, 3.05) is 0 Å². The number of H-pyrrole nitrogens is 3.